The molecule has 1 aromatic heterocycles. The Morgan fingerprint density at radius 1 is 1.15 bits per heavy atom. The summed E-state index contributed by atoms with van der Waals surface area (Å²) < 4.78 is 51.9. The molecule has 1 aliphatic carbocycles. The van der Waals surface area contributed by atoms with Gasteiger partial charge in [0.1, 0.15) is 23.5 Å². The lowest BCUT2D eigenvalue weighted by atomic mass is 9.85. The predicted molar refractivity (Wildman–Crippen MR) is 138 cm³/mol. The van der Waals surface area contributed by atoms with Gasteiger partial charge in [-0.05, 0) is 69.4 Å². The number of amides is 1. The van der Waals surface area contributed by atoms with Gasteiger partial charge in [-0.1, -0.05) is 6.42 Å². The molecule has 1 saturated carbocycles. The molecule has 2 aromatic carbocycles. The van der Waals surface area contributed by atoms with Gasteiger partial charge in [-0.15, -0.1) is 0 Å². The molecule has 1 unspecified atom stereocenters. The van der Waals surface area contributed by atoms with Crippen LogP contribution in [0, 0.1) is 11.7 Å². The number of aliphatic hydroxyl groups is 1. The smallest absolute Gasteiger partial charge is 0.414 e. The number of carbonyl (C=O) groups is 2. The van der Waals surface area contributed by atoms with Crippen LogP contribution in [0.2, 0.25) is 0 Å². The average molecular weight is 562 g/mol. The van der Waals surface area contributed by atoms with Crippen LogP contribution >= 0.6 is 0 Å². The first-order chi connectivity index (χ1) is 19.1. The zero-order valence-electron chi connectivity index (χ0n) is 22.0. The molecule has 2 aliphatic rings. The number of nitrogens with zero attached hydrogens (tertiary/aromatic N) is 3. The number of aliphatic hydroxyl groups excluding tert-OH is 1. The number of carboxylic acid groups (broad SMARTS) is 1. The van der Waals surface area contributed by atoms with E-state index in [0.717, 1.165) is 23.8 Å². The van der Waals surface area contributed by atoms with E-state index < -0.39 is 42.3 Å². The maximum absolute atomic E-state index is 14.3. The fraction of sp³-hybridized carbons (Fsp3) is 0.464. The molecule has 214 valence electrons. The van der Waals surface area contributed by atoms with Crippen LogP contribution < -0.4 is 9.64 Å². The summed E-state index contributed by atoms with van der Waals surface area (Å²) >= 11 is 0. The summed E-state index contributed by atoms with van der Waals surface area (Å²) in [5.74, 6) is -2.65. The third-order valence-corrected chi connectivity index (χ3v) is 7.94. The first-order valence-corrected chi connectivity index (χ1v) is 13.2. The largest absolute Gasteiger partial charge is 0.481 e. The first-order valence-electron chi connectivity index (χ1n) is 13.2. The molecular weight excluding hydrogens is 531 g/mol. The highest BCUT2D eigenvalue weighted by atomic mass is 19.3. The number of aliphatic carboxylic acids is 1. The molecule has 4 atom stereocenters. The molecule has 12 heteroatoms. The van der Waals surface area contributed by atoms with E-state index >= 15 is 0 Å². The van der Waals surface area contributed by atoms with E-state index in [1.165, 1.54) is 12.0 Å². The number of aromatic nitrogens is 2. The Kier molecular flexibility index (Phi) is 7.63. The van der Waals surface area contributed by atoms with Crippen molar-refractivity contribution in [2.45, 2.75) is 70.2 Å². The highest BCUT2D eigenvalue weighted by Gasteiger charge is 2.36. The number of benzene rings is 2. The van der Waals surface area contributed by atoms with Crippen LogP contribution in [0.3, 0.4) is 0 Å². The van der Waals surface area contributed by atoms with Gasteiger partial charge in [-0.25, -0.2) is 14.2 Å². The van der Waals surface area contributed by atoms with Crippen molar-refractivity contribution >= 4 is 28.8 Å². The van der Waals surface area contributed by atoms with Crippen LogP contribution in [0.15, 0.2) is 30.3 Å². The molecule has 3 aromatic rings. The van der Waals surface area contributed by atoms with Gasteiger partial charge in [0.2, 0.25) is 0 Å². The molecule has 0 radical (unpaired) electrons. The summed E-state index contributed by atoms with van der Waals surface area (Å²) in [7, 11) is 1.30. The molecule has 1 fully saturated rings. The lowest BCUT2D eigenvalue weighted by Gasteiger charge is -2.34. The minimum absolute atomic E-state index is 0.0485. The Hall–Kier alpha value is -3.80. The van der Waals surface area contributed by atoms with E-state index in [1.54, 1.807) is 16.7 Å². The highest BCUT2D eigenvalue weighted by molar-refractivity contribution is 5.95. The maximum Gasteiger partial charge on any atom is 0.414 e. The zero-order valence-corrected chi connectivity index (χ0v) is 22.0. The molecule has 40 heavy (non-hydrogen) atoms. The summed E-state index contributed by atoms with van der Waals surface area (Å²) in [6, 6.07) is 5.89. The van der Waals surface area contributed by atoms with E-state index in [1.807, 2.05) is 6.92 Å². The first kappa shape index (κ1) is 27.8. The van der Waals surface area contributed by atoms with Crippen LogP contribution in [0.25, 0.3) is 11.0 Å². The Balaban J connectivity index is 1.71. The Labute approximate surface area is 228 Å². The van der Waals surface area contributed by atoms with E-state index in [4.69, 9.17) is 9.72 Å². The van der Waals surface area contributed by atoms with Gasteiger partial charge < -0.3 is 24.3 Å². The van der Waals surface area contributed by atoms with Gasteiger partial charge in [-0.3, -0.25) is 9.69 Å². The number of halogens is 3. The van der Waals surface area contributed by atoms with E-state index in [2.05, 4.69) is 4.74 Å². The number of imidazole rings is 1. The van der Waals surface area contributed by atoms with Crippen molar-refractivity contribution in [3.63, 3.8) is 0 Å². The topological polar surface area (TPSA) is 114 Å². The number of carbonyl (C=O) groups excluding carboxylic acids is 1. The SMILES string of the molecule is COC(=O)N1c2ccc3c(nc([C@H](O)c4cc(F)ccc4OC(F)F)n3C3CCC[C@@H](C(=O)O)C3)c2CC[C@H]1C. The predicted octanol–water partition coefficient (Wildman–Crippen LogP) is 5.58. The van der Waals surface area contributed by atoms with Crippen LogP contribution in [-0.4, -0.2) is 51.6 Å². The van der Waals surface area contributed by atoms with E-state index in [0.29, 0.717) is 48.8 Å². The number of alkyl halides is 2. The summed E-state index contributed by atoms with van der Waals surface area (Å²) in [6.07, 6.45) is 0.980. The fourth-order valence-electron chi connectivity index (χ4n) is 6.07. The lowest BCUT2D eigenvalue weighted by molar-refractivity contribution is -0.143. The van der Waals surface area contributed by atoms with Crippen molar-refractivity contribution in [3.8, 4) is 5.75 Å². The Morgan fingerprint density at radius 2 is 1.93 bits per heavy atom. The minimum atomic E-state index is -3.21. The van der Waals surface area contributed by atoms with Crippen molar-refractivity contribution in [1.82, 2.24) is 9.55 Å². The highest BCUT2D eigenvalue weighted by Crippen LogP contribution is 2.43. The van der Waals surface area contributed by atoms with Gasteiger partial charge in [0.15, 0.2) is 0 Å². The summed E-state index contributed by atoms with van der Waals surface area (Å²) in [6.45, 7) is -1.30. The minimum Gasteiger partial charge on any atom is -0.481 e. The Morgan fingerprint density at radius 3 is 2.62 bits per heavy atom. The van der Waals surface area contributed by atoms with Crippen LogP contribution in [0.5, 0.6) is 5.75 Å². The van der Waals surface area contributed by atoms with Gasteiger partial charge >= 0.3 is 18.7 Å². The zero-order chi connectivity index (χ0) is 28.7. The summed E-state index contributed by atoms with van der Waals surface area (Å²) in [5, 5.41) is 21.3. The maximum atomic E-state index is 14.3. The number of methoxy groups -OCH3 is 1. The van der Waals surface area contributed by atoms with Crippen molar-refractivity contribution in [3.05, 3.63) is 53.1 Å². The van der Waals surface area contributed by atoms with Gasteiger partial charge in [0.05, 0.1) is 29.7 Å². The van der Waals surface area contributed by atoms with Crippen molar-refractivity contribution in [2.24, 2.45) is 5.92 Å². The Bertz CT molecular complexity index is 1440. The number of aryl methyl sites for hydroxylation is 1. The van der Waals surface area contributed by atoms with Crippen LogP contribution in [-0.2, 0) is 16.0 Å². The molecule has 0 spiro atoms. The average Bonchev–Trinajstić information content (AvgIpc) is 3.33. The molecule has 9 nitrogen and oxygen atoms in total. The second kappa shape index (κ2) is 11.0. The molecule has 2 heterocycles. The number of carboxylic acids is 1. The van der Waals surface area contributed by atoms with E-state index in [9.17, 15) is 33.0 Å². The third kappa shape index (κ3) is 4.96. The summed E-state index contributed by atoms with van der Waals surface area (Å²) in [5.41, 5.74) is 2.18. The standard InChI is InChI=1S/C28H30F3N3O6/c1-14-6-8-18-20(33(14)28(38)39-2)9-10-21-23(18)32-25(34(21)17-5-3-4-15(12-17)26(36)37)24(35)19-13-16(29)7-11-22(19)40-27(30)31/h7,9-11,13-15,17,24,27,35H,3-6,8,12H2,1-2H3,(H,36,37)/t14-,15-,17?,24-/m1/s1. The number of anilines is 1. The summed E-state index contributed by atoms with van der Waals surface area (Å²) in [4.78, 5) is 30.8. The van der Waals surface area contributed by atoms with Gasteiger partial charge in [0.25, 0.3) is 0 Å². The number of ether oxygens (including phenoxy) is 2. The normalized spacial score (nSPS) is 21.8. The number of rotatable bonds is 6. The molecule has 1 amide bonds. The van der Waals surface area contributed by atoms with Crippen molar-refractivity contribution < 1.29 is 42.4 Å². The van der Waals surface area contributed by atoms with Crippen LogP contribution in [0.1, 0.15) is 68.1 Å². The van der Waals surface area contributed by atoms with Crippen LogP contribution in [0.4, 0.5) is 23.7 Å². The van der Waals surface area contributed by atoms with Crippen molar-refractivity contribution in [1.29, 1.82) is 0 Å². The molecule has 2 N–H and O–H groups in total. The van der Waals surface area contributed by atoms with Crippen molar-refractivity contribution in [2.75, 3.05) is 12.0 Å². The van der Waals surface area contributed by atoms with Gasteiger partial charge in [-0.2, -0.15) is 8.78 Å². The van der Waals surface area contributed by atoms with E-state index in [-0.39, 0.29) is 29.9 Å². The third-order valence-electron chi connectivity index (χ3n) is 7.94. The molecule has 5 rings (SSSR count). The monoisotopic (exact) mass is 561 g/mol. The lowest BCUT2D eigenvalue weighted by Crippen LogP contribution is -2.42. The number of fused-ring (bicyclic) bond motifs is 3. The molecule has 0 bridgehead atoms. The molecular formula is C28H30F3N3O6. The quantitative estimate of drug-likeness (QED) is 0.404. The second-order valence-corrected chi connectivity index (χ2v) is 10.3. The van der Waals surface area contributed by atoms with Gasteiger partial charge in [0, 0.05) is 23.2 Å². The second-order valence-electron chi connectivity index (χ2n) is 10.3. The molecule has 1 aliphatic heterocycles. The fourth-order valence-corrected chi connectivity index (χ4v) is 6.07. The molecule has 0 saturated heterocycles. The number of hydrogen-bond donors (Lipinski definition) is 2. The number of hydrogen-bond acceptors (Lipinski definition) is 6.